The number of allylic oxidation sites excluding steroid dienone is 1. The second-order valence-corrected chi connectivity index (χ2v) is 4.98. The van der Waals surface area contributed by atoms with Crippen LogP contribution in [0, 0.1) is 9.39 Å². The van der Waals surface area contributed by atoms with Crippen molar-refractivity contribution >= 4 is 34.5 Å². The van der Waals surface area contributed by atoms with Gasteiger partial charge < -0.3 is 0 Å². The number of benzene rings is 2. The maximum absolute atomic E-state index is 13.3. The molecule has 2 aromatic carbocycles. The number of hydrogen-bond donors (Lipinski definition) is 0. The van der Waals surface area contributed by atoms with E-state index in [2.05, 4.69) is 22.6 Å². The fraction of sp³-hybridized carbons (Fsp3) is 0. The minimum atomic E-state index is -0.329. The van der Waals surface area contributed by atoms with Gasteiger partial charge in [-0.15, -0.1) is 0 Å². The molecule has 18 heavy (non-hydrogen) atoms. The van der Waals surface area contributed by atoms with Gasteiger partial charge in [0.05, 0.1) is 0 Å². The van der Waals surface area contributed by atoms with Gasteiger partial charge in [0.15, 0.2) is 5.78 Å². The van der Waals surface area contributed by atoms with Crippen LogP contribution in [0.4, 0.5) is 4.39 Å². The van der Waals surface area contributed by atoms with Gasteiger partial charge in [-0.3, -0.25) is 4.79 Å². The Labute approximate surface area is 118 Å². The monoisotopic (exact) mass is 352 g/mol. The molecule has 0 bridgehead atoms. The van der Waals surface area contributed by atoms with E-state index in [-0.39, 0.29) is 11.6 Å². The van der Waals surface area contributed by atoms with Crippen LogP contribution in [-0.4, -0.2) is 5.78 Å². The third-order valence-corrected chi connectivity index (χ3v) is 3.10. The van der Waals surface area contributed by atoms with E-state index in [1.54, 1.807) is 30.3 Å². The zero-order valence-electron chi connectivity index (χ0n) is 9.44. The highest BCUT2D eigenvalue weighted by Gasteiger charge is 2.02. The van der Waals surface area contributed by atoms with Crippen molar-refractivity contribution in [3.63, 3.8) is 0 Å². The molecule has 0 fully saturated rings. The third kappa shape index (κ3) is 3.26. The lowest BCUT2D eigenvalue weighted by molar-refractivity contribution is 0.104. The summed E-state index contributed by atoms with van der Waals surface area (Å²) in [5.74, 6) is -0.457. The molecule has 2 aromatic rings. The van der Waals surface area contributed by atoms with Gasteiger partial charge in [0.25, 0.3) is 0 Å². The van der Waals surface area contributed by atoms with Gasteiger partial charge in [0.2, 0.25) is 0 Å². The van der Waals surface area contributed by atoms with Gasteiger partial charge in [-0.1, -0.05) is 30.3 Å². The number of carbonyl (C=O) groups excluding carboxylic acids is 1. The quantitative estimate of drug-likeness (QED) is 0.457. The molecule has 0 radical (unpaired) electrons. The van der Waals surface area contributed by atoms with Crippen molar-refractivity contribution in [3.8, 4) is 0 Å². The molecule has 3 heteroatoms. The average molecular weight is 352 g/mol. The van der Waals surface area contributed by atoms with Gasteiger partial charge in [-0.2, -0.15) is 0 Å². The van der Waals surface area contributed by atoms with Gasteiger partial charge in [0.1, 0.15) is 5.82 Å². The van der Waals surface area contributed by atoms with Crippen LogP contribution in [0.1, 0.15) is 15.9 Å². The minimum Gasteiger partial charge on any atom is -0.289 e. The molecule has 0 spiro atoms. The van der Waals surface area contributed by atoms with Crippen LogP contribution in [0.5, 0.6) is 0 Å². The number of hydrogen-bond acceptors (Lipinski definition) is 1. The summed E-state index contributed by atoms with van der Waals surface area (Å²) in [5, 5.41) is 0. The Bertz CT molecular complexity index is 605. The highest BCUT2D eigenvalue weighted by atomic mass is 127. The van der Waals surface area contributed by atoms with E-state index in [9.17, 15) is 9.18 Å². The molecule has 0 aliphatic rings. The smallest absolute Gasteiger partial charge is 0.185 e. The summed E-state index contributed by atoms with van der Waals surface area (Å²) < 4.78 is 14.3. The Morgan fingerprint density at radius 2 is 1.89 bits per heavy atom. The van der Waals surface area contributed by atoms with Crippen LogP contribution in [0.25, 0.3) is 6.08 Å². The molecule has 2 rings (SSSR count). The van der Waals surface area contributed by atoms with Crippen molar-refractivity contribution in [1.29, 1.82) is 0 Å². The maximum atomic E-state index is 13.3. The summed E-state index contributed by atoms with van der Waals surface area (Å²) in [5.41, 5.74) is 1.02. The molecular weight excluding hydrogens is 342 g/mol. The predicted molar refractivity (Wildman–Crippen MR) is 78.9 cm³/mol. The molecule has 0 amide bonds. The van der Waals surface area contributed by atoms with Crippen molar-refractivity contribution in [2.75, 3.05) is 0 Å². The molecule has 90 valence electrons. The highest BCUT2D eigenvalue weighted by molar-refractivity contribution is 14.1. The van der Waals surface area contributed by atoms with Crippen LogP contribution < -0.4 is 0 Å². The SMILES string of the molecule is O=C(/C=C/c1ccccc1F)c1cccc(I)c1. The zero-order chi connectivity index (χ0) is 13.0. The average Bonchev–Trinajstić information content (AvgIpc) is 2.37. The van der Waals surface area contributed by atoms with Crippen LogP contribution >= 0.6 is 22.6 Å². The fourth-order valence-electron chi connectivity index (χ4n) is 1.51. The number of halogens is 2. The van der Waals surface area contributed by atoms with Crippen molar-refractivity contribution < 1.29 is 9.18 Å². The molecule has 0 aromatic heterocycles. The van der Waals surface area contributed by atoms with Crippen LogP contribution in [-0.2, 0) is 0 Å². The van der Waals surface area contributed by atoms with Gasteiger partial charge in [-0.05, 0) is 52.9 Å². The molecule has 0 N–H and O–H groups in total. The molecule has 0 unspecified atom stereocenters. The number of carbonyl (C=O) groups is 1. The van der Waals surface area contributed by atoms with Crippen LogP contribution in [0.2, 0.25) is 0 Å². The fourth-order valence-corrected chi connectivity index (χ4v) is 2.06. The number of rotatable bonds is 3. The van der Waals surface area contributed by atoms with Crippen molar-refractivity contribution in [3.05, 3.63) is 75.1 Å². The van der Waals surface area contributed by atoms with Crippen molar-refractivity contribution in [2.45, 2.75) is 0 Å². The number of ketones is 1. The van der Waals surface area contributed by atoms with Gasteiger partial charge >= 0.3 is 0 Å². The summed E-state index contributed by atoms with van der Waals surface area (Å²) in [4.78, 5) is 11.9. The Hall–Kier alpha value is -1.49. The minimum absolute atomic E-state index is 0.128. The molecule has 0 heterocycles. The molecular formula is C15H10FIO. The molecule has 0 saturated heterocycles. The lowest BCUT2D eigenvalue weighted by Crippen LogP contribution is -1.94. The third-order valence-electron chi connectivity index (χ3n) is 2.43. The Morgan fingerprint density at radius 3 is 2.61 bits per heavy atom. The van der Waals surface area contributed by atoms with Crippen LogP contribution in [0.3, 0.4) is 0 Å². The van der Waals surface area contributed by atoms with Crippen molar-refractivity contribution in [1.82, 2.24) is 0 Å². The van der Waals surface area contributed by atoms with E-state index < -0.39 is 0 Å². The van der Waals surface area contributed by atoms with E-state index in [0.717, 1.165) is 3.57 Å². The van der Waals surface area contributed by atoms with E-state index in [4.69, 9.17) is 0 Å². The first-order valence-corrected chi connectivity index (χ1v) is 6.47. The van der Waals surface area contributed by atoms with Crippen molar-refractivity contribution in [2.24, 2.45) is 0 Å². The summed E-state index contributed by atoms with van der Waals surface area (Å²) in [7, 11) is 0. The summed E-state index contributed by atoms with van der Waals surface area (Å²) in [6.45, 7) is 0. The molecule has 0 atom stereocenters. The summed E-state index contributed by atoms with van der Waals surface area (Å²) in [6, 6.07) is 13.6. The van der Waals surface area contributed by atoms with Gasteiger partial charge in [-0.25, -0.2) is 4.39 Å². The Balaban J connectivity index is 2.20. The normalized spacial score (nSPS) is 10.8. The van der Waals surface area contributed by atoms with E-state index in [0.29, 0.717) is 11.1 Å². The first-order valence-electron chi connectivity index (χ1n) is 5.39. The predicted octanol–water partition coefficient (Wildman–Crippen LogP) is 4.33. The Morgan fingerprint density at radius 1 is 1.11 bits per heavy atom. The molecule has 0 saturated carbocycles. The second-order valence-electron chi connectivity index (χ2n) is 3.73. The van der Waals surface area contributed by atoms with E-state index in [1.165, 1.54) is 18.2 Å². The van der Waals surface area contributed by atoms with Crippen LogP contribution in [0.15, 0.2) is 54.6 Å². The standard InChI is InChI=1S/C15H10FIO/c16-14-7-2-1-4-11(14)8-9-15(18)12-5-3-6-13(17)10-12/h1-10H/b9-8+. The van der Waals surface area contributed by atoms with E-state index >= 15 is 0 Å². The highest BCUT2D eigenvalue weighted by Crippen LogP contribution is 2.11. The summed E-state index contributed by atoms with van der Waals surface area (Å²) in [6.07, 6.45) is 2.89. The lowest BCUT2D eigenvalue weighted by Gasteiger charge is -1.97. The topological polar surface area (TPSA) is 17.1 Å². The second kappa shape index (κ2) is 5.91. The zero-order valence-corrected chi connectivity index (χ0v) is 11.6. The van der Waals surface area contributed by atoms with Gasteiger partial charge in [0, 0.05) is 14.7 Å². The largest absolute Gasteiger partial charge is 0.289 e. The molecule has 1 nitrogen and oxygen atoms in total. The molecule has 0 aliphatic carbocycles. The first kappa shape index (κ1) is 13.0. The summed E-state index contributed by atoms with van der Waals surface area (Å²) >= 11 is 2.15. The maximum Gasteiger partial charge on any atom is 0.185 e. The Kier molecular flexibility index (Phi) is 4.25. The molecule has 0 aliphatic heterocycles. The lowest BCUT2D eigenvalue weighted by atomic mass is 10.1. The first-order chi connectivity index (χ1) is 8.66. The van der Waals surface area contributed by atoms with E-state index in [1.807, 2.05) is 12.1 Å².